The second-order valence-electron chi connectivity index (χ2n) is 7.92. The molecule has 4 rings (SSSR count). The second kappa shape index (κ2) is 9.50. The summed E-state index contributed by atoms with van der Waals surface area (Å²) in [5.41, 5.74) is -1.15. The molecule has 0 saturated heterocycles. The van der Waals surface area contributed by atoms with E-state index in [9.17, 15) is 27.6 Å². The van der Waals surface area contributed by atoms with Gasteiger partial charge < -0.3 is 14.5 Å². The van der Waals surface area contributed by atoms with E-state index in [1.54, 1.807) is 6.07 Å². The minimum Gasteiger partial charge on any atom is -0.493 e. The Kier molecular flexibility index (Phi) is 6.65. The van der Waals surface area contributed by atoms with Crippen molar-refractivity contribution in [1.29, 1.82) is 0 Å². The van der Waals surface area contributed by atoms with E-state index in [1.807, 2.05) is 0 Å². The molecule has 2 aromatic carbocycles. The minimum absolute atomic E-state index is 0.0192. The number of ketones is 1. The number of benzene rings is 2. The van der Waals surface area contributed by atoms with Crippen LogP contribution in [0.1, 0.15) is 31.2 Å². The van der Waals surface area contributed by atoms with Gasteiger partial charge in [0.1, 0.15) is 11.5 Å². The number of para-hydroxylation sites is 1. The van der Waals surface area contributed by atoms with Gasteiger partial charge in [-0.05, 0) is 49.6 Å². The van der Waals surface area contributed by atoms with Crippen LogP contribution in [0.3, 0.4) is 0 Å². The molecule has 0 aliphatic heterocycles. The van der Waals surface area contributed by atoms with Crippen molar-refractivity contribution >= 4 is 34.3 Å². The van der Waals surface area contributed by atoms with Gasteiger partial charge in [-0.2, -0.15) is 13.2 Å². The third kappa shape index (κ3) is 5.41. The first kappa shape index (κ1) is 23.8. The molecule has 34 heavy (non-hydrogen) atoms. The van der Waals surface area contributed by atoms with Crippen LogP contribution in [0, 0.1) is 0 Å². The lowest BCUT2D eigenvalue weighted by molar-refractivity contribution is -0.138. The zero-order chi connectivity index (χ0) is 24.5. The lowest BCUT2D eigenvalue weighted by Gasteiger charge is -2.15. The van der Waals surface area contributed by atoms with Crippen molar-refractivity contribution in [3.05, 3.63) is 63.3 Å². The SMILES string of the molecule is O=C(CCCOc1cc(C(F)(F)F)ccc1-c1cc(=O)c2cccc(Cl)c2o1)C(=O)NC1CC1. The highest BCUT2D eigenvalue weighted by atomic mass is 35.5. The van der Waals surface area contributed by atoms with Gasteiger partial charge in [-0.3, -0.25) is 14.4 Å². The van der Waals surface area contributed by atoms with E-state index >= 15 is 0 Å². The molecular weight excluding hydrogens is 475 g/mol. The van der Waals surface area contributed by atoms with E-state index in [2.05, 4.69) is 5.32 Å². The Hall–Kier alpha value is -3.33. The highest BCUT2D eigenvalue weighted by molar-refractivity contribution is 6.36. The van der Waals surface area contributed by atoms with Gasteiger partial charge in [0, 0.05) is 18.5 Å². The largest absolute Gasteiger partial charge is 0.493 e. The average molecular weight is 494 g/mol. The average Bonchev–Trinajstić information content (AvgIpc) is 3.60. The Morgan fingerprint density at radius 1 is 1.15 bits per heavy atom. The fourth-order valence-electron chi connectivity index (χ4n) is 3.32. The van der Waals surface area contributed by atoms with Gasteiger partial charge >= 0.3 is 6.18 Å². The van der Waals surface area contributed by atoms with E-state index in [-0.39, 0.29) is 58.6 Å². The zero-order valence-corrected chi connectivity index (χ0v) is 18.5. The lowest BCUT2D eigenvalue weighted by atomic mass is 10.1. The number of carbonyl (C=O) groups excluding carboxylic acids is 2. The van der Waals surface area contributed by atoms with Gasteiger partial charge in [-0.25, -0.2) is 0 Å². The smallest absolute Gasteiger partial charge is 0.416 e. The summed E-state index contributed by atoms with van der Waals surface area (Å²) in [7, 11) is 0. The summed E-state index contributed by atoms with van der Waals surface area (Å²) in [6.45, 7) is -0.130. The number of hydrogen-bond donors (Lipinski definition) is 1. The molecule has 1 heterocycles. The van der Waals surface area contributed by atoms with Crippen molar-refractivity contribution in [3.63, 3.8) is 0 Å². The standard InChI is InChI=1S/C24H19ClF3NO5/c25-17-4-1-3-15-19(31)12-21(34-22(15)17)16-9-6-13(24(26,27)28)11-20(16)33-10-2-5-18(30)23(32)29-14-7-8-14/h1,3-4,6,9,11-12,14H,2,5,7-8,10H2,(H,29,32). The van der Waals surface area contributed by atoms with Crippen molar-refractivity contribution in [2.24, 2.45) is 0 Å². The third-order valence-electron chi connectivity index (χ3n) is 5.25. The molecule has 1 saturated carbocycles. The second-order valence-corrected chi connectivity index (χ2v) is 8.33. The number of alkyl halides is 3. The number of fused-ring (bicyclic) bond motifs is 1. The van der Waals surface area contributed by atoms with Crippen LogP contribution in [0.4, 0.5) is 13.2 Å². The molecule has 0 radical (unpaired) electrons. The molecule has 1 aliphatic rings. The molecule has 0 bridgehead atoms. The summed E-state index contributed by atoms with van der Waals surface area (Å²) in [6, 6.07) is 8.63. The van der Waals surface area contributed by atoms with Crippen LogP contribution < -0.4 is 15.5 Å². The number of hydrogen-bond acceptors (Lipinski definition) is 5. The predicted octanol–water partition coefficient (Wildman–Crippen LogP) is 5.14. The van der Waals surface area contributed by atoms with Crippen molar-refractivity contribution < 1.29 is 31.9 Å². The Morgan fingerprint density at radius 2 is 1.91 bits per heavy atom. The van der Waals surface area contributed by atoms with Crippen LogP contribution >= 0.6 is 11.6 Å². The molecule has 0 unspecified atom stereocenters. The zero-order valence-electron chi connectivity index (χ0n) is 17.7. The number of amides is 1. The predicted molar refractivity (Wildman–Crippen MR) is 119 cm³/mol. The number of halogens is 4. The Bertz CT molecular complexity index is 1310. The molecule has 1 N–H and O–H groups in total. The van der Waals surface area contributed by atoms with Gasteiger partial charge in [-0.1, -0.05) is 17.7 Å². The van der Waals surface area contributed by atoms with Crippen molar-refractivity contribution in [3.8, 4) is 17.1 Å². The van der Waals surface area contributed by atoms with E-state index < -0.39 is 28.9 Å². The van der Waals surface area contributed by atoms with E-state index in [4.69, 9.17) is 20.8 Å². The van der Waals surface area contributed by atoms with Gasteiger partial charge in [0.15, 0.2) is 11.0 Å². The first-order chi connectivity index (χ1) is 16.1. The number of nitrogens with one attached hydrogen (secondary N) is 1. The number of Topliss-reactive ketones (excluding diaryl/α,β-unsaturated/α-hetero) is 1. The maximum atomic E-state index is 13.3. The minimum atomic E-state index is -4.62. The van der Waals surface area contributed by atoms with Crippen LogP contribution in [-0.2, 0) is 15.8 Å². The van der Waals surface area contributed by atoms with Gasteiger partial charge in [0.25, 0.3) is 5.91 Å². The fourth-order valence-corrected chi connectivity index (χ4v) is 3.53. The number of rotatable bonds is 8. The first-order valence-electron chi connectivity index (χ1n) is 10.5. The summed E-state index contributed by atoms with van der Waals surface area (Å²) in [4.78, 5) is 36.2. The molecular formula is C24H19ClF3NO5. The summed E-state index contributed by atoms with van der Waals surface area (Å²) in [5.74, 6) is -1.49. The molecule has 0 atom stereocenters. The number of carbonyl (C=O) groups is 2. The van der Waals surface area contributed by atoms with Crippen LogP contribution in [0.15, 0.2) is 51.7 Å². The van der Waals surface area contributed by atoms with Gasteiger partial charge in [0.2, 0.25) is 5.78 Å². The molecule has 1 aromatic heterocycles. The van der Waals surface area contributed by atoms with Crippen molar-refractivity contribution in [2.45, 2.75) is 37.9 Å². The molecule has 6 nitrogen and oxygen atoms in total. The van der Waals surface area contributed by atoms with Crippen LogP contribution in [0.2, 0.25) is 5.02 Å². The number of ether oxygens (including phenoxy) is 1. The highest BCUT2D eigenvalue weighted by Gasteiger charge is 2.32. The molecule has 10 heteroatoms. The van der Waals surface area contributed by atoms with E-state index in [0.717, 1.165) is 37.1 Å². The van der Waals surface area contributed by atoms with Gasteiger partial charge in [-0.15, -0.1) is 0 Å². The summed E-state index contributed by atoms with van der Waals surface area (Å²) in [6.07, 6.45) is -2.94. The highest BCUT2D eigenvalue weighted by Crippen LogP contribution is 2.38. The summed E-state index contributed by atoms with van der Waals surface area (Å²) < 4.78 is 51.2. The maximum Gasteiger partial charge on any atom is 0.416 e. The van der Waals surface area contributed by atoms with Crippen LogP contribution in [-0.4, -0.2) is 24.3 Å². The third-order valence-corrected chi connectivity index (χ3v) is 5.55. The van der Waals surface area contributed by atoms with Crippen molar-refractivity contribution in [2.75, 3.05) is 6.61 Å². The lowest BCUT2D eigenvalue weighted by Crippen LogP contribution is -2.32. The maximum absolute atomic E-state index is 13.3. The molecule has 178 valence electrons. The fraction of sp³-hybridized carbons (Fsp3) is 0.292. The van der Waals surface area contributed by atoms with Crippen molar-refractivity contribution in [1.82, 2.24) is 5.32 Å². The Morgan fingerprint density at radius 3 is 2.62 bits per heavy atom. The molecule has 1 aliphatic carbocycles. The Balaban J connectivity index is 1.58. The molecule has 3 aromatic rings. The molecule has 0 spiro atoms. The quantitative estimate of drug-likeness (QED) is 0.347. The first-order valence-corrected chi connectivity index (χ1v) is 10.9. The van der Waals surface area contributed by atoms with Crippen LogP contribution in [0.5, 0.6) is 5.75 Å². The summed E-state index contributed by atoms with van der Waals surface area (Å²) >= 11 is 6.13. The van der Waals surface area contributed by atoms with E-state index in [1.165, 1.54) is 12.1 Å². The monoisotopic (exact) mass is 493 g/mol. The van der Waals surface area contributed by atoms with E-state index in [0.29, 0.717) is 0 Å². The topological polar surface area (TPSA) is 85.6 Å². The van der Waals surface area contributed by atoms with Gasteiger partial charge in [0.05, 0.1) is 28.1 Å². The van der Waals surface area contributed by atoms with Crippen LogP contribution in [0.25, 0.3) is 22.3 Å². The molecule has 1 fully saturated rings. The summed E-state index contributed by atoms with van der Waals surface area (Å²) in [5, 5.41) is 2.99. The molecule has 1 amide bonds. The Labute approximate surface area is 196 Å². The normalized spacial score (nSPS) is 13.6.